The second kappa shape index (κ2) is 11.6. The van der Waals surface area contributed by atoms with E-state index in [4.69, 9.17) is 19.9 Å². The molecule has 0 radical (unpaired) electrons. The molecular formula is C44H36N8. The van der Waals surface area contributed by atoms with Gasteiger partial charge < -0.3 is 19.9 Å². The third-order valence-corrected chi connectivity index (χ3v) is 10.9. The summed E-state index contributed by atoms with van der Waals surface area (Å²) >= 11 is 0. The summed E-state index contributed by atoms with van der Waals surface area (Å²) < 4.78 is 0. The van der Waals surface area contributed by atoms with Gasteiger partial charge in [0.2, 0.25) is 0 Å². The maximum Gasteiger partial charge on any atom is 0.0658 e. The summed E-state index contributed by atoms with van der Waals surface area (Å²) in [5.41, 5.74) is 23.5. The lowest BCUT2D eigenvalue weighted by Crippen LogP contribution is -1.89. The van der Waals surface area contributed by atoms with E-state index in [9.17, 15) is 0 Å². The Hall–Kier alpha value is -6.28. The molecule has 0 unspecified atom stereocenters. The van der Waals surface area contributed by atoms with Crippen molar-refractivity contribution in [2.24, 2.45) is 0 Å². The summed E-state index contributed by atoms with van der Waals surface area (Å²) in [6.45, 7) is 0. The third-order valence-electron chi connectivity index (χ3n) is 10.9. The highest BCUT2D eigenvalue weighted by Crippen LogP contribution is 2.31. The average Bonchev–Trinajstić information content (AvgIpc) is 3.94. The Morgan fingerprint density at radius 2 is 0.750 bits per heavy atom. The molecule has 0 fully saturated rings. The van der Waals surface area contributed by atoms with E-state index in [0.717, 1.165) is 119 Å². The van der Waals surface area contributed by atoms with Crippen LogP contribution in [0.4, 0.5) is 0 Å². The van der Waals surface area contributed by atoms with Crippen LogP contribution in [0.2, 0.25) is 0 Å². The summed E-state index contributed by atoms with van der Waals surface area (Å²) in [7, 11) is 0. The van der Waals surface area contributed by atoms with Crippen molar-refractivity contribution in [2.45, 2.75) is 51.4 Å². The van der Waals surface area contributed by atoms with Gasteiger partial charge in [-0.25, -0.2) is 9.97 Å². The standard InChI is InChI=1S/2C22H18N4/c2*1-7-20-21-8-6-18(25-21)11-16-3-2-14(23-16)10-15-4-5-17(24-15)12-19-9-13(1)22(20)26-19/h2*2-5,9-12,23,26H,1,6-8H2. The molecule has 16 bridgehead atoms. The number of nitrogens with zero attached hydrogens (tertiary/aromatic N) is 4. The molecule has 10 heterocycles. The van der Waals surface area contributed by atoms with E-state index < -0.39 is 0 Å². The first-order chi connectivity index (χ1) is 25.6. The monoisotopic (exact) mass is 676 g/mol. The van der Waals surface area contributed by atoms with Crippen molar-refractivity contribution in [3.63, 3.8) is 0 Å². The van der Waals surface area contributed by atoms with Crippen LogP contribution < -0.4 is 0 Å². The summed E-state index contributed by atoms with van der Waals surface area (Å²) in [6.07, 6.45) is 16.7. The van der Waals surface area contributed by atoms with Gasteiger partial charge in [0.1, 0.15) is 0 Å². The van der Waals surface area contributed by atoms with Gasteiger partial charge in [-0.2, -0.15) is 0 Å². The Morgan fingerprint density at radius 1 is 0.346 bits per heavy atom. The summed E-state index contributed by atoms with van der Waals surface area (Å²) in [5, 5.41) is 0. The van der Waals surface area contributed by atoms with Crippen molar-refractivity contribution < 1.29 is 0 Å². The highest BCUT2D eigenvalue weighted by atomic mass is 14.8. The number of aromatic amines is 4. The third kappa shape index (κ3) is 5.39. The van der Waals surface area contributed by atoms with Crippen LogP contribution in [-0.2, 0) is 51.4 Å². The molecule has 4 N–H and O–H groups in total. The van der Waals surface area contributed by atoms with Crippen LogP contribution in [0.1, 0.15) is 67.8 Å². The molecule has 6 aliphatic rings. The lowest BCUT2D eigenvalue weighted by atomic mass is 10.1. The van der Waals surface area contributed by atoms with Crippen LogP contribution in [0.5, 0.6) is 0 Å². The number of H-pyrrole nitrogens is 4. The molecule has 52 heavy (non-hydrogen) atoms. The zero-order chi connectivity index (χ0) is 34.2. The molecule has 2 aliphatic carbocycles. The topological polar surface area (TPSA) is 115 Å². The zero-order valence-corrected chi connectivity index (χ0v) is 28.7. The quantitative estimate of drug-likeness (QED) is 0.129. The molecule has 0 saturated heterocycles. The number of fused-ring (bicyclic) bond motifs is 16. The van der Waals surface area contributed by atoms with Gasteiger partial charge in [0, 0.05) is 66.9 Å². The van der Waals surface area contributed by atoms with Crippen molar-refractivity contribution in [2.75, 3.05) is 0 Å². The average molecular weight is 677 g/mol. The SMILES string of the molecule is C1=Cc2cc3cc4c([nH]3)c(c3nc(cc5ccc(cc1n2)[nH]5)CC3)CC4.C1=Cc2cc3cc4c([nH]3)c(c3nc(cc5ccc(cc1n2)[nH]5)CC3)CC4. The largest absolute Gasteiger partial charge is 0.355 e. The van der Waals surface area contributed by atoms with Gasteiger partial charge in [0.25, 0.3) is 0 Å². The molecule has 4 aliphatic heterocycles. The van der Waals surface area contributed by atoms with E-state index in [1.54, 1.807) is 0 Å². The van der Waals surface area contributed by atoms with Crippen LogP contribution in [0, 0.1) is 0 Å². The molecule has 6 aromatic heterocycles. The number of nitrogens with one attached hydrogen (secondary N) is 4. The van der Waals surface area contributed by atoms with Crippen LogP contribution in [0.25, 0.3) is 68.4 Å². The molecule has 6 aromatic rings. The Balaban J connectivity index is 0.000000123. The fourth-order valence-electron chi connectivity index (χ4n) is 8.49. The summed E-state index contributed by atoms with van der Waals surface area (Å²) in [4.78, 5) is 33.4. The van der Waals surface area contributed by atoms with Crippen LogP contribution in [-0.4, -0.2) is 39.9 Å². The van der Waals surface area contributed by atoms with E-state index in [1.165, 1.54) is 44.7 Å². The number of hydrogen-bond acceptors (Lipinski definition) is 4. The maximum atomic E-state index is 4.95. The molecule has 0 aromatic carbocycles. The van der Waals surface area contributed by atoms with Gasteiger partial charge in [-0.1, -0.05) is 0 Å². The first kappa shape index (κ1) is 29.5. The maximum absolute atomic E-state index is 4.95. The van der Waals surface area contributed by atoms with E-state index in [2.05, 4.69) is 117 Å². The lowest BCUT2D eigenvalue weighted by Gasteiger charge is -1.95. The predicted molar refractivity (Wildman–Crippen MR) is 209 cm³/mol. The van der Waals surface area contributed by atoms with Crippen LogP contribution in [0.3, 0.4) is 0 Å². The first-order valence-corrected chi connectivity index (χ1v) is 18.4. The van der Waals surface area contributed by atoms with Gasteiger partial charge in [-0.3, -0.25) is 9.97 Å². The minimum absolute atomic E-state index is 0.969. The van der Waals surface area contributed by atoms with Gasteiger partial charge in [-0.05, 0) is 171 Å². The first-order valence-electron chi connectivity index (χ1n) is 18.4. The van der Waals surface area contributed by atoms with E-state index >= 15 is 0 Å². The Bertz CT molecular complexity index is 2680. The predicted octanol–water partition coefficient (Wildman–Crippen LogP) is 8.74. The number of rotatable bonds is 0. The highest BCUT2D eigenvalue weighted by Gasteiger charge is 2.21. The molecular weight excluding hydrogens is 641 g/mol. The Kier molecular flexibility index (Phi) is 6.59. The molecule has 252 valence electrons. The summed E-state index contributed by atoms with van der Waals surface area (Å²) in [6, 6.07) is 25.7. The minimum Gasteiger partial charge on any atom is -0.355 e. The van der Waals surface area contributed by atoms with Gasteiger partial charge in [0.05, 0.1) is 22.8 Å². The van der Waals surface area contributed by atoms with Gasteiger partial charge in [-0.15, -0.1) is 0 Å². The highest BCUT2D eigenvalue weighted by molar-refractivity contribution is 5.79. The Morgan fingerprint density at radius 3 is 1.19 bits per heavy atom. The summed E-state index contributed by atoms with van der Waals surface area (Å²) in [5.74, 6) is 0. The van der Waals surface area contributed by atoms with Gasteiger partial charge in [0.15, 0.2) is 0 Å². The van der Waals surface area contributed by atoms with Crippen molar-refractivity contribution >= 4 is 68.4 Å². The van der Waals surface area contributed by atoms with E-state index in [1.807, 2.05) is 0 Å². The minimum atomic E-state index is 0.969. The second-order valence-corrected chi connectivity index (χ2v) is 14.5. The van der Waals surface area contributed by atoms with Crippen molar-refractivity contribution in [3.05, 3.63) is 141 Å². The van der Waals surface area contributed by atoms with E-state index in [0.29, 0.717) is 0 Å². The molecule has 8 heteroatoms. The molecule has 0 amide bonds. The van der Waals surface area contributed by atoms with Crippen molar-refractivity contribution in [3.8, 4) is 0 Å². The fraction of sp³-hybridized carbons (Fsp3) is 0.182. The van der Waals surface area contributed by atoms with Crippen molar-refractivity contribution in [1.82, 2.24) is 39.9 Å². The lowest BCUT2D eigenvalue weighted by molar-refractivity contribution is 0.961. The second-order valence-electron chi connectivity index (χ2n) is 14.5. The van der Waals surface area contributed by atoms with Crippen LogP contribution in [0.15, 0.2) is 72.8 Å². The van der Waals surface area contributed by atoms with E-state index in [-0.39, 0.29) is 0 Å². The number of aromatic nitrogens is 8. The molecule has 0 saturated carbocycles. The normalized spacial score (nSPS) is 14.9. The van der Waals surface area contributed by atoms with Gasteiger partial charge >= 0.3 is 0 Å². The Labute approximate surface area is 299 Å². The molecule has 0 spiro atoms. The molecule has 12 rings (SSSR count). The zero-order valence-electron chi connectivity index (χ0n) is 28.7. The molecule has 0 atom stereocenters. The number of hydrogen-bond donors (Lipinski definition) is 4. The van der Waals surface area contributed by atoms with Crippen molar-refractivity contribution in [1.29, 1.82) is 0 Å². The fourth-order valence-corrected chi connectivity index (χ4v) is 8.49. The van der Waals surface area contributed by atoms with Crippen LogP contribution >= 0.6 is 0 Å². The number of aryl methyl sites for hydroxylation is 8. The molecule has 8 nitrogen and oxygen atoms in total. The smallest absolute Gasteiger partial charge is 0.0658 e.